The van der Waals surface area contributed by atoms with Crippen LogP contribution in [0.2, 0.25) is 0 Å². The van der Waals surface area contributed by atoms with Gasteiger partial charge in [-0.15, -0.1) is 21.5 Å². The lowest BCUT2D eigenvalue weighted by atomic mass is 10.2. The largest absolute Gasteiger partial charge is 0.462 e. The van der Waals surface area contributed by atoms with Crippen LogP contribution in [0, 0.1) is 0 Å². The minimum Gasteiger partial charge on any atom is -0.462 e. The van der Waals surface area contributed by atoms with E-state index in [4.69, 9.17) is 10.5 Å². The van der Waals surface area contributed by atoms with Gasteiger partial charge in [-0.1, -0.05) is 42.1 Å². The van der Waals surface area contributed by atoms with E-state index in [1.807, 2.05) is 34.9 Å². The Kier molecular flexibility index (Phi) is 7.63. The Labute approximate surface area is 205 Å². The third kappa shape index (κ3) is 5.84. The second kappa shape index (κ2) is 10.8. The SMILES string of the molecule is CCOC(=O)c1sc(-c2ccccc2)cc1NC(=O)CSc1nnc(C2CC2)n1CCC(N)=O. The van der Waals surface area contributed by atoms with Crippen molar-refractivity contribution in [2.75, 3.05) is 17.7 Å². The molecule has 34 heavy (non-hydrogen) atoms. The molecule has 3 aromatic rings. The summed E-state index contributed by atoms with van der Waals surface area (Å²) in [5.41, 5.74) is 6.68. The maximum Gasteiger partial charge on any atom is 0.350 e. The van der Waals surface area contributed by atoms with Crippen LogP contribution in [0.15, 0.2) is 41.6 Å². The number of primary amides is 1. The smallest absolute Gasteiger partial charge is 0.350 e. The van der Waals surface area contributed by atoms with Gasteiger partial charge in [0.15, 0.2) is 5.16 Å². The minimum atomic E-state index is -0.474. The lowest BCUT2D eigenvalue weighted by Gasteiger charge is -2.09. The number of nitrogens with two attached hydrogens (primary N) is 1. The molecule has 0 bridgehead atoms. The number of hydrogen-bond donors (Lipinski definition) is 2. The summed E-state index contributed by atoms with van der Waals surface area (Å²) in [7, 11) is 0. The molecule has 1 aromatic carbocycles. The molecular formula is C23H25N5O4S2. The highest BCUT2D eigenvalue weighted by atomic mass is 32.2. The van der Waals surface area contributed by atoms with Gasteiger partial charge >= 0.3 is 5.97 Å². The van der Waals surface area contributed by atoms with E-state index in [0.717, 1.165) is 29.1 Å². The van der Waals surface area contributed by atoms with Crippen molar-refractivity contribution in [3.8, 4) is 10.4 Å². The van der Waals surface area contributed by atoms with E-state index >= 15 is 0 Å². The Hall–Kier alpha value is -3.18. The summed E-state index contributed by atoms with van der Waals surface area (Å²) in [6.45, 7) is 2.36. The number of benzene rings is 1. The fraction of sp³-hybridized carbons (Fsp3) is 0.348. The first-order valence-corrected chi connectivity index (χ1v) is 12.8. The maximum absolute atomic E-state index is 12.8. The van der Waals surface area contributed by atoms with Crippen LogP contribution >= 0.6 is 23.1 Å². The zero-order valence-corrected chi connectivity index (χ0v) is 20.3. The summed E-state index contributed by atoms with van der Waals surface area (Å²) in [5, 5.41) is 11.9. The molecule has 9 nitrogen and oxygen atoms in total. The summed E-state index contributed by atoms with van der Waals surface area (Å²) in [6, 6.07) is 11.4. The van der Waals surface area contributed by atoms with Crippen LogP contribution in [0.1, 0.15) is 47.6 Å². The summed E-state index contributed by atoms with van der Waals surface area (Å²) < 4.78 is 7.05. The number of anilines is 1. The van der Waals surface area contributed by atoms with Crippen LogP contribution in [0.3, 0.4) is 0 Å². The van der Waals surface area contributed by atoms with Gasteiger partial charge in [0.05, 0.1) is 18.0 Å². The highest BCUT2D eigenvalue weighted by molar-refractivity contribution is 7.99. The van der Waals surface area contributed by atoms with E-state index in [2.05, 4.69) is 15.5 Å². The first-order chi connectivity index (χ1) is 16.5. The van der Waals surface area contributed by atoms with Crippen molar-refractivity contribution >= 4 is 46.6 Å². The molecule has 178 valence electrons. The number of hydrogen-bond acceptors (Lipinski definition) is 8. The van der Waals surface area contributed by atoms with Gasteiger partial charge in [0.1, 0.15) is 10.7 Å². The Morgan fingerprint density at radius 3 is 2.68 bits per heavy atom. The number of nitrogens with one attached hydrogen (secondary N) is 1. The predicted molar refractivity (Wildman–Crippen MR) is 131 cm³/mol. The van der Waals surface area contributed by atoms with Gasteiger partial charge in [0, 0.05) is 23.8 Å². The van der Waals surface area contributed by atoms with Gasteiger partial charge < -0.3 is 20.4 Å². The molecule has 2 aromatic heterocycles. The average molecular weight is 500 g/mol. The molecule has 1 saturated carbocycles. The molecule has 3 N–H and O–H groups in total. The number of esters is 1. The minimum absolute atomic E-state index is 0.0676. The average Bonchev–Trinajstić information content (AvgIpc) is 3.45. The van der Waals surface area contributed by atoms with E-state index < -0.39 is 11.9 Å². The second-order valence-corrected chi connectivity index (χ2v) is 9.75. The van der Waals surface area contributed by atoms with Crippen molar-refractivity contribution in [2.24, 2.45) is 5.73 Å². The standard InChI is InChI=1S/C23H25N5O4S2/c1-2-32-22(31)20-16(12-17(34-20)14-6-4-3-5-7-14)25-19(30)13-33-23-27-26-21(15-8-9-15)28(23)11-10-18(24)29/h3-7,12,15H,2,8-11,13H2,1H3,(H2,24,29)(H,25,30). The van der Waals surface area contributed by atoms with Crippen molar-refractivity contribution in [1.82, 2.24) is 14.8 Å². The van der Waals surface area contributed by atoms with Gasteiger partial charge in [-0.2, -0.15) is 0 Å². The number of thioether (sulfide) groups is 1. The number of rotatable bonds is 11. The normalized spacial score (nSPS) is 13.0. The third-order valence-corrected chi connectivity index (χ3v) is 7.26. The van der Waals surface area contributed by atoms with Crippen LogP contribution in [-0.4, -0.2) is 44.9 Å². The van der Waals surface area contributed by atoms with Crippen LogP contribution in [0.25, 0.3) is 10.4 Å². The Bertz CT molecular complexity index is 1190. The van der Waals surface area contributed by atoms with E-state index in [-0.39, 0.29) is 24.7 Å². The van der Waals surface area contributed by atoms with Crippen LogP contribution in [0.5, 0.6) is 0 Å². The lowest BCUT2D eigenvalue weighted by Crippen LogP contribution is -2.18. The van der Waals surface area contributed by atoms with Gasteiger partial charge in [-0.05, 0) is 31.4 Å². The molecule has 0 unspecified atom stereocenters. The monoisotopic (exact) mass is 499 g/mol. The Balaban J connectivity index is 1.47. The number of carbonyl (C=O) groups is 3. The number of carbonyl (C=O) groups excluding carboxylic acids is 3. The maximum atomic E-state index is 12.8. The van der Waals surface area contributed by atoms with Crippen LogP contribution in [-0.2, 0) is 20.9 Å². The number of thiophene rings is 1. The molecule has 2 heterocycles. The fourth-order valence-electron chi connectivity index (χ4n) is 3.38. The van der Waals surface area contributed by atoms with Crippen molar-refractivity contribution in [2.45, 2.75) is 43.8 Å². The molecule has 0 spiro atoms. The summed E-state index contributed by atoms with van der Waals surface area (Å²) in [4.78, 5) is 37.7. The Morgan fingerprint density at radius 2 is 2.00 bits per heavy atom. The first kappa shape index (κ1) is 24.0. The molecule has 0 atom stereocenters. The molecule has 1 aliphatic carbocycles. The highest BCUT2D eigenvalue weighted by Gasteiger charge is 2.30. The van der Waals surface area contributed by atoms with Crippen LogP contribution in [0.4, 0.5) is 5.69 Å². The Morgan fingerprint density at radius 1 is 1.24 bits per heavy atom. The lowest BCUT2D eigenvalue weighted by molar-refractivity contribution is -0.118. The molecule has 2 amide bonds. The van der Waals surface area contributed by atoms with Crippen LogP contribution < -0.4 is 11.1 Å². The summed E-state index contributed by atoms with van der Waals surface area (Å²) >= 11 is 2.51. The molecular weight excluding hydrogens is 474 g/mol. The van der Waals surface area contributed by atoms with Gasteiger partial charge in [0.2, 0.25) is 11.8 Å². The van der Waals surface area contributed by atoms with Gasteiger partial charge in [-0.3, -0.25) is 9.59 Å². The first-order valence-electron chi connectivity index (χ1n) is 11.0. The fourth-order valence-corrected chi connectivity index (χ4v) is 5.16. The third-order valence-electron chi connectivity index (χ3n) is 5.13. The zero-order chi connectivity index (χ0) is 24.1. The topological polar surface area (TPSA) is 129 Å². The zero-order valence-electron chi connectivity index (χ0n) is 18.7. The van der Waals surface area contributed by atoms with Crippen molar-refractivity contribution in [3.63, 3.8) is 0 Å². The summed E-state index contributed by atoms with van der Waals surface area (Å²) in [5.74, 6) is 0.0839. The van der Waals surface area contributed by atoms with E-state index in [9.17, 15) is 14.4 Å². The van der Waals surface area contributed by atoms with E-state index in [1.165, 1.54) is 23.1 Å². The molecule has 1 fully saturated rings. The second-order valence-electron chi connectivity index (χ2n) is 7.76. The summed E-state index contributed by atoms with van der Waals surface area (Å²) in [6.07, 6.45) is 2.26. The van der Waals surface area contributed by atoms with Crippen molar-refractivity contribution in [1.29, 1.82) is 0 Å². The predicted octanol–water partition coefficient (Wildman–Crippen LogP) is 3.67. The van der Waals surface area contributed by atoms with Crippen molar-refractivity contribution < 1.29 is 19.1 Å². The molecule has 0 saturated heterocycles. The van der Waals surface area contributed by atoms with Gasteiger partial charge in [-0.25, -0.2) is 4.79 Å². The molecule has 0 radical (unpaired) electrons. The van der Waals surface area contributed by atoms with E-state index in [0.29, 0.717) is 28.2 Å². The quantitative estimate of drug-likeness (QED) is 0.304. The number of nitrogens with zero attached hydrogens (tertiary/aromatic N) is 3. The highest BCUT2D eigenvalue weighted by Crippen LogP contribution is 2.40. The number of amides is 2. The van der Waals surface area contributed by atoms with Crippen molar-refractivity contribution in [3.05, 3.63) is 47.1 Å². The number of ether oxygens (including phenoxy) is 1. The molecule has 4 rings (SSSR count). The molecule has 11 heteroatoms. The number of aromatic nitrogens is 3. The molecule has 1 aliphatic rings. The van der Waals surface area contributed by atoms with Gasteiger partial charge in [0.25, 0.3) is 0 Å². The van der Waals surface area contributed by atoms with E-state index in [1.54, 1.807) is 13.0 Å². The molecule has 0 aliphatic heterocycles.